The molecule has 0 aliphatic carbocycles. The number of carboxylic acid groups (broad SMARTS) is 2. The van der Waals surface area contributed by atoms with Crippen LogP contribution in [0.25, 0.3) is 0 Å². The Balaban J connectivity index is 0.000000567. The zero-order valence-corrected chi connectivity index (χ0v) is 12.9. The lowest BCUT2D eigenvalue weighted by molar-refractivity contribution is -0.159. The van der Waals surface area contributed by atoms with E-state index in [0.717, 1.165) is 26.1 Å². The van der Waals surface area contributed by atoms with Gasteiger partial charge in [0.2, 0.25) is 0 Å². The van der Waals surface area contributed by atoms with Gasteiger partial charge < -0.3 is 25.2 Å². The Bertz CT molecular complexity index is 365. The zero-order valence-electron chi connectivity index (χ0n) is 12.9. The van der Waals surface area contributed by atoms with E-state index in [-0.39, 0.29) is 6.09 Å². The van der Waals surface area contributed by atoms with Crippen LogP contribution in [-0.2, 0) is 14.3 Å². The fourth-order valence-electron chi connectivity index (χ4n) is 1.60. The number of amides is 1. The van der Waals surface area contributed by atoms with Crippen LogP contribution in [0, 0.1) is 0 Å². The van der Waals surface area contributed by atoms with Crippen molar-refractivity contribution in [1.29, 1.82) is 0 Å². The summed E-state index contributed by atoms with van der Waals surface area (Å²) in [5.41, 5.74) is -0.403. The molecule has 1 unspecified atom stereocenters. The van der Waals surface area contributed by atoms with Crippen LogP contribution in [0.15, 0.2) is 0 Å². The first-order valence-electron chi connectivity index (χ1n) is 6.70. The molecule has 0 bridgehead atoms. The van der Waals surface area contributed by atoms with Crippen molar-refractivity contribution in [2.45, 2.75) is 45.8 Å². The second-order valence-corrected chi connectivity index (χ2v) is 5.75. The number of hydrogen-bond donors (Lipinski definition) is 3. The van der Waals surface area contributed by atoms with Crippen LogP contribution in [-0.4, -0.2) is 64.4 Å². The molecule has 1 fully saturated rings. The van der Waals surface area contributed by atoms with Crippen molar-refractivity contribution in [2.75, 3.05) is 19.6 Å². The Morgan fingerprint density at radius 2 is 1.71 bits per heavy atom. The Kier molecular flexibility index (Phi) is 7.72. The molecule has 1 atom stereocenters. The number of carbonyl (C=O) groups is 3. The quantitative estimate of drug-likeness (QED) is 0.566. The summed E-state index contributed by atoms with van der Waals surface area (Å²) in [5, 5.41) is 18.1. The summed E-state index contributed by atoms with van der Waals surface area (Å²) in [5.74, 6) is -3.65. The van der Waals surface area contributed by atoms with Gasteiger partial charge in [-0.05, 0) is 40.7 Å². The third-order valence-electron chi connectivity index (χ3n) is 2.43. The first-order chi connectivity index (χ1) is 9.53. The van der Waals surface area contributed by atoms with Crippen LogP contribution >= 0.6 is 0 Å². The average molecular weight is 304 g/mol. The van der Waals surface area contributed by atoms with Gasteiger partial charge in [-0.3, -0.25) is 0 Å². The molecule has 21 heavy (non-hydrogen) atoms. The third kappa shape index (κ3) is 9.67. The fraction of sp³-hybridized carbons (Fsp3) is 0.769. The minimum absolute atomic E-state index is 0.196. The molecule has 1 rings (SSSR count). The highest BCUT2D eigenvalue weighted by atomic mass is 16.6. The number of carboxylic acids is 2. The number of carbonyl (C=O) groups excluding carboxylic acids is 1. The van der Waals surface area contributed by atoms with Gasteiger partial charge in [-0.15, -0.1) is 0 Å². The molecule has 0 radical (unpaired) electrons. The maximum Gasteiger partial charge on any atom is 0.414 e. The second kappa shape index (κ2) is 8.46. The number of ether oxygens (including phenoxy) is 1. The van der Waals surface area contributed by atoms with Gasteiger partial charge in [-0.1, -0.05) is 0 Å². The van der Waals surface area contributed by atoms with Gasteiger partial charge in [-0.2, -0.15) is 0 Å². The molecule has 3 N–H and O–H groups in total. The highest BCUT2D eigenvalue weighted by Gasteiger charge is 2.24. The first kappa shape index (κ1) is 19.2. The van der Waals surface area contributed by atoms with E-state index in [1.807, 2.05) is 20.8 Å². The molecule has 0 spiro atoms. The fourth-order valence-corrected chi connectivity index (χ4v) is 1.60. The summed E-state index contributed by atoms with van der Waals surface area (Å²) >= 11 is 0. The summed E-state index contributed by atoms with van der Waals surface area (Å²) in [6.07, 6.45) is 0.793. The number of nitrogens with one attached hydrogen (secondary N) is 1. The maximum atomic E-state index is 11.8. The van der Waals surface area contributed by atoms with E-state index in [2.05, 4.69) is 12.2 Å². The maximum absolute atomic E-state index is 11.8. The highest BCUT2D eigenvalue weighted by molar-refractivity contribution is 6.27. The Morgan fingerprint density at radius 1 is 1.19 bits per heavy atom. The molecule has 1 heterocycles. The van der Waals surface area contributed by atoms with Gasteiger partial charge in [0, 0.05) is 19.1 Å². The predicted octanol–water partition coefficient (Wildman–Crippen LogP) is 0.761. The molecular formula is C13H24N2O6. The predicted molar refractivity (Wildman–Crippen MR) is 75.2 cm³/mol. The summed E-state index contributed by atoms with van der Waals surface area (Å²) < 4.78 is 5.34. The van der Waals surface area contributed by atoms with Gasteiger partial charge in [0.25, 0.3) is 0 Å². The van der Waals surface area contributed by atoms with E-state index in [0.29, 0.717) is 6.04 Å². The van der Waals surface area contributed by atoms with Gasteiger partial charge in [0.1, 0.15) is 5.60 Å². The highest BCUT2D eigenvalue weighted by Crippen LogP contribution is 2.11. The topological polar surface area (TPSA) is 116 Å². The molecule has 1 amide bonds. The van der Waals surface area contributed by atoms with Crippen LogP contribution in [0.1, 0.15) is 34.1 Å². The standard InChI is InChI=1S/C11H22N2O2.C2H2O4/c1-9-8-13(7-5-6-12-9)10(14)15-11(2,3)4;3-1(4)2(5)6/h9,12H,5-8H2,1-4H3;(H,3,4)(H,5,6). The van der Waals surface area contributed by atoms with Crippen molar-refractivity contribution in [3.8, 4) is 0 Å². The van der Waals surface area contributed by atoms with E-state index in [9.17, 15) is 4.79 Å². The van der Waals surface area contributed by atoms with E-state index in [4.69, 9.17) is 24.5 Å². The van der Waals surface area contributed by atoms with E-state index < -0.39 is 17.5 Å². The summed E-state index contributed by atoms with van der Waals surface area (Å²) in [6.45, 7) is 10.3. The number of hydrogen-bond acceptors (Lipinski definition) is 5. The molecule has 0 aromatic carbocycles. The van der Waals surface area contributed by atoms with Gasteiger partial charge in [0.15, 0.2) is 0 Å². The molecule has 8 nitrogen and oxygen atoms in total. The van der Waals surface area contributed by atoms with Gasteiger partial charge in [0.05, 0.1) is 0 Å². The largest absolute Gasteiger partial charge is 0.473 e. The van der Waals surface area contributed by atoms with Crippen LogP contribution in [0.4, 0.5) is 4.79 Å². The van der Waals surface area contributed by atoms with Crippen molar-refractivity contribution in [2.24, 2.45) is 0 Å². The average Bonchev–Trinajstić information content (AvgIpc) is 2.52. The van der Waals surface area contributed by atoms with Crippen LogP contribution in [0.5, 0.6) is 0 Å². The first-order valence-corrected chi connectivity index (χ1v) is 6.70. The number of nitrogens with zero attached hydrogens (tertiary/aromatic N) is 1. The minimum Gasteiger partial charge on any atom is -0.473 e. The molecule has 0 aromatic heterocycles. The molecular weight excluding hydrogens is 280 g/mol. The Hall–Kier alpha value is -1.83. The molecule has 0 saturated carbocycles. The number of aliphatic carboxylic acids is 2. The third-order valence-corrected chi connectivity index (χ3v) is 2.43. The van der Waals surface area contributed by atoms with Crippen molar-refractivity contribution in [3.05, 3.63) is 0 Å². The molecule has 8 heteroatoms. The number of rotatable bonds is 0. The van der Waals surface area contributed by atoms with Crippen LogP contribution < -0.4 is 5.32 Å². The molecule has 1 saturated heterocycles. The lowest BCUT2D eigenvalue weighted by atomic mass is 10.2. The summed E-state index contributed by atoms with van der Waals surface area (Å²) in [4.78, 5) is 31.8. The zero-order chi connectivity index (χ0) is 16.6. The Labute approximate surface area is 124 Å². The lowest BCUT2D eigenvalue weighted by Gasteiger charge is -2.27. The van der Waals surface area contributed by atoms with Crippen molar-refractivity contribution in [3.63, 3.8) is 0 Å². The summed E-state index contributed by atoms with van der Waals surface area (Å²) in [7, 11) is 0. The molecule has 0 aromatic rings. The SMILES string of the molecule is CC1CN(C(=O)OC(C)(C)C)CCCN1.O=C(O)C(=O)O. The molecule has 1 aliphatic rings. The smallest absolute Gasteiger partial charge is 0.414 e. The van der Waals surface area contributed by atoms with Crippen LogP contribution in [0.3, 0.4) is 0 Å². The van der Waals surface area contributed by atoms with E-state index in [1.165, 1.54) is 0 Å². The van der Waals surface area contributed by atoms with Crippen molar-refractivity contribution in [1.82, 2.24) is 10.2 Å². The molecule has 1 aliphatic heterocycles. The summed E-state index contributed by atoms with van der Waals surface area (Å²) in [6, 6.07) is 0.347. The lowest BCUT2D eigenvalue weighted by Crippen LogP contribution is -2.41. The minimum atomic E-state index is -1.82. The van der Waals surface area contributed by atoms with Crippen LogP contribution in [0.2, 0.25) is 0 Å². The van der Waals surface area contributed by atoms with Crippen molar-refractivity contribution < 1.29 is 29.3 Å². The van der Waals surface area contributed by atoms with Crippen molar-refractivity contribution >= 4 is 18.0 Å². The van der Waals surface area contributed by atoms with E-state index in [1.54, 1.807) is 4.90 Å². The second-order valence-electron chi connectivity index (χ2n) is 5.75. The monoisotopic (exact) mass is 304 g/mol. The van der Waals surface area contributed by atoms with E-state index >= 15 is 0 Å². The Morgan fingerprint density at radius 3 is 2.14 bits per heavy atom. The van der Waals surface area contributed by atoms with Gasteiger partial charge in [-0.25, -0.2) is 14.4 Å². The normalized spacial score (nSPS) is 18.9. The van der Waals surface area contributed by atoms with Gasteiger partial charge >= 0.3 is 18.0 Å². The molecule has 122 valence electrons.